The molecular formula is C97H164O16P2. The van der Waals surface area contributed by atoms with E-state index in [4.69, 9.17) is 32.3 Å². The maximum absolute atomic E-state index is 13.0. The minimum absolute atomic E-state index is 0.0757. The van der Waals surface area contributed by atoms with Gasteiger partial charge in [-0.1, -0.05) is 364 Å². The van der Waals surface area contributed by atoms with Crippen molar-refractivity contribution in [1.82, 2.24) is 0 Å². The van der Waals surface area contributed by atoms with Gasteiger partial charge in [-0.05, 0) is 154 Å². The number of carbonyl (C=O) groups is 3. The van der Waals surface area contributed by atoms with Crippen LogP contribution in [0.1, 0.15) is 367 Å². The summed E-state index contributed by atoms with van der Waals surface area (Å²) in [6.07, 6.45) is 114. The van der Waals surface area contributed by atoms with E-state index in [1.165, 1.54) is 141 Å². The molecule has 115 heavy (non-hydrogen) atoms. The lowest BCUT2D eigenvalue weighted by Gasteiger charge is -2.21. The van der Waals surface area contributed by atoms with Crippen molar-refractivity contribution in [2.45, 2.75) is 386 Å². The minimum Gasteiger partial charge on any atom is -0.463 e. The number of hydrogen-bond acceptors (Lipinski definition) is 14. The average molecular weight is 1650 g/mol. The van der Waals surface area contributed by atoms with E-state index in [2.05, 4.69) is 191 Å². The Morgan fingerprint density at radius 3 is 0.730 bits per heavy atom. The van der Waals surface area contributed by atoms with Gasteiger partial charge >= 0.3 is 33.6 Å². The van der Waals surface area contributed by atoms with E-state index in [1.54, 1.807) is 0 Å². The number of aliphatic hydroxyl groups excluding tert-OH is 2. The first-order valence-electron chi connectivity index (χ1n) is 45.4. The van der Waals surface area contributed by atoms with Gasteiger partial charge in [0.2, 0.25) is 0 Å². The standard InChI is InChI=1S/C97H164O16P2/c1-4-7-10-13-16-19-22-25-28-31-34-37-39-41-42-43-44-45-46-47-48-50-52-54-56-59-62-65-68-71-74-77-80-83-95(100)107-86-92(98)87-109-114(103,104)110-88-93(99)89-111-115(105,106)112-91-94(113-97(102)85-82-79-76-73-70-67-64-61-58-53-36-33-30-27-24-21-18-15-12-9-6-3)90-108-96(101)84-81-78-75-72-69-66-63-60-57-55-51-49-40-38-35-32-29-26-23-20-17-14-11-8-5-2/h8-9,11-12,16-21,25-30,34-38,41-42,49,51,53,61,64,92-94,98-99H,4-7,10,13-15,22-24,31-33,39-40,43-48,50,52,54-60,62-63,65-91H2,1-3H3,(H,103,104)(H,105,106)/b11-8-,12-9-,19-16-,20-17-,21-18-,28-25-,29-26-,30-27-,37-34-,38-35-,42-41-,51-49-,53-36-,64-61-. The molecule has 0 fully saturated rings. The molecule has 658 valence electrons. The van der Waals surface area contributed by atoms with Crippen LogP contribution in [0.4, 0.5) is 0 Å². The summed E-state index contributed by atoms with van der Waals surface area (Å²) in [5.74, 6) is -1.60. The van der Waals surface area contributed by atoms with E-state index in [0.29, 0.717) is 19.3 Å². The molecule has 16 nitrogen and oxygen atoms in total. The van der Waals surface area contributed by atoms with Crippen LogP contribution in [0.2, 0.25) is 0 Å². The highest BCUT2D eigenvalue weighted by molar-refractivity contribution is 7.47. The Kier molecular flexibility index (Phi) is 84.3. The van der Waals surface area contributed by atoms with Crippen molar-refractivity contribution in [2.75, 3.05) is 39.6 Å². The van der Waals surface area contributed by atoms with E-state index in [0.717, 1.165) is 167 Å². The molecule has 0 aromatic rings. The number of carbonyl (C=O) groups excluding carboxylic acids is 3. The van der Waals surface area contributed by atoms with Crippen LogP contribution in [-0.4, -0.2) is 95.9 Å². The number of unbranched alkanes of at least 4 members (excludes halogenated alkanes) is 34. The van der Waals surface area contributed by atoms with Crippen LogP contribution in [0, 0.1) is 0 Å². The van der Waals surface area contributed by atoms with Crippen LogP contribution >= 0.6 is 15.6 Å². The maximum atomic E-state index is 13.0. The fourth-order valence-electron chi connectivity index (χ4n) is 12.1. The zero-order valence-electron chi connectivity index (χ0n) is 72.4. The lowest BCUT2D eigenvalue weighted by molar-refractivity contribution is -0.161. The van der Waals surface area contributed by atoms with Gasteiger partial charge in [-0.25, -0.2) is 9.13 Å². The van der Waals surface area contributed by atoms with Crippen LogP contribution < -0.4 is 0 Å². The van der Waals surface area contributed by atoms with Crippen LogP contribution in [-0.2, 0) is 55.8 Å². The molecule has 0 spiro atoms. The van der Waals surface area contributed by atoms with Crippen molar-refractivity contribution >= 4 is 33.6 Å². The maximum Gasteiger partial charge on any atom is 0.472 e. The molecule has 0 amide bonds. The zero-order chi connectivity index (χ0) is 83.6. The number of esters is 3. The number of phosphoric acid groups is 2. The van der Waals surface area contributed by atoms with Crippen molar-refractivity contribution in [1.29, 1.82) is 0 Å². The predicted molar refractivity (Wildman–Crippen MR) is 482 cm³/mol. The van der Waals surface area contributed by atoms with Gasteiger partial charge in [-0.15, -0.1) is 0 Å². The normalized spacial score (nSPS) is 14.6. The molecule has 5 unspecified atom stereocenters. The van der Waals surface area contributed by atoms with Gasteiger partial charge in [-0.2, -0.15) is 0 Å². The molecule has 18 heteroatoms. The van der Waals surface area contributed by atoms with E-state index in [1.807, 2.05) is 0 Å². The van der Waals surface area contributed by atoms with Crippen molar-refractivity contribution in [2.24, 2.45) is 0 Å². The zero-order valence-corrected chi connectivity index (χ0v) is 74.2. The fourth-order valence-corrected chi connectivity index (χ4v) is 13.7. The van der Waals surface area contributed by atoms with Crippen molar-refractivity contribution in [3.05, 3.63) is 170 Å². The lowest BCUT2D eigenvalue weighted by Crippen LogP contribution is -2.30. The Labute approximate surface area is 701 Å². The minimum atomic E-state index is -4.95. The van der Waals surface area contributed by atoms with Crippen molar-refractivity contribution < 1.29 is 75.8 Å². The van der Waals surface area contributed by atoms with E-state index >= 15 is 0 Å². The molecule has 0 saturated heterocycles. The molecule has 4 N–H and O–H groups in total. The third-order valence-corrected chi connectivity index (χ3v) is 20.8. The number of hydrogen-bond donors (Lipinski definition) is 4. The summed E-state index contributed by atoms with van der Waals surface area (Å²) >= 11 is 0. The second-order valence-electron chi connectivity index (χ2n) is 30.0. The van der Waals surface area contributed by atoms with Gasteiger partial charge in [-0.3, -0.25) is 32.5 Å². The number of rotatable bonds is 85. The molecule has 0 bridgehead atoms. The SMILES string of the molecule is CC/C=C\C/C=C\C/C=C\C/C=C\C/C=C\CCCCCCCCCCCC(=O)OCC(COP(=O)(O)OCC(O)COP(=O)(O)OCC(O)COC(=O)CCCCCCCCCCCCCCCCCCC/C=C\C/C=C\C/C=C\C/C=C\CCCCC)OC(=O)CCCCCCC/C=C\C/C=C\C/C=C\C/C=C\C/C=C\CC. The third-order valence-electron chi connectivity index (χ3n) is 18.9. The Balaban J connectivity index is 4.58. The molecular weight excluding hydrogens is 1480 g/mol. The first kappa shape index (κ1) is 110. The molecule has 0 radical (unpaired) electrons. The molecule has 0 aliphatic carbocycles. The van der Waals surface area contributed by atoms with Gasteiger partial charge in [0, 0.05) is 19.3 Å². The summed E-state index contributed by atoms with van der Waals surface area (Å²) in [7, 11) is -9.82. The van der Waals surface area contributed by atoms with Gasteiger partial charge < -0.3 is 34.2 Å². The summed E-state index contributed by atoms with van der Waals surface area (Å²) in [6, 6.07) is 0. The Morgan fingerprint density at radius 2 is 0.461 bits per heavy atom. The summed E-state index contributed by atoms with van der Waals surface area (Å²) in [6.45, 7) is 2.43. The van der Waals surface area contributed by atoms with Gasteiger partial charge in [0.25, 0.3) is 0 Å². The Hall–Kier alpha value is -5.09. The number of aliphatic hydroxyl groups is 2. The fraction of sp³-hybridized carbons (Fsp3) is 0.680. The number of allylic oxidation sites excluding steroid dienone is 28. The first-order valence-corrected chi connectivity index (χ1v) is 48.4. The third kappa shape index (κ3) is 89.5. The van der Waals surface area contributed by atoms with Crippen LogP contribution in [0.3, 0.4) is 0 Å². The summed E-state index contributed by atoms with van der Waals surface area (Å²) in [4.78, 5) is 59.0. The highest BCUT2D eigenvalue weighted by Gasteiger charge is 2.29. The molecule has 0 aromatic heterocycles. The predicted octanol–water partition coefficient (Wildman–Crippen LogP) is 27.9. The molecule has 0 aromatic carbocycles. The van der Waals surface area contributed by atoms with Gasteiger partial charge in [0.1, 0.15) is 25.4 Å². The quantitative estimate of drug-likeness (QED) is 0.0146. The van der Waals surface area contributed by atoms with Gasteiger partial charge in [0.15, 0.2) is 6.10 Å². The van der Waals surface area contributed by atoms with Crippen LogP contribution in [0.15, 0.2) is 170 Å². The Bertz CT molecular complexity index is 2770. The van der Waals surface area contributed by atoms with Crippen LogP contribution in [0.5, 0.6) is 0 Å². The monoisotopic (exact) mass is 1650 g/mol. The Morgan fingerprint density at radius 1 is 0.252 bits per heavy atom. The lowest BCUT2D eigenvalue weighted by atomic mass is 10.0. The second-order valence-corrected chi connectivity index (χ2v) is 32.9. The highest BCUT2D eigenvalue weighted by atomic mass is 31.2. The molecule has 0 aliphatic rings. The molecule has 0 saturated carbocycles. The number of ether oxygens (including phenoxy) is 3. The summed E-state index contributed by atoms with van der Waals surface area (Å²) in [5.41, 5.74) is 0. The molecule has 0 aliphatic heterocycles. The van der Waals surface area contributed by atoms with E-state index in [-0.39, 0.29) is 19.3 Å². The second kappa shape index (κ2) is 88.2. The topological polar surface area (TPSA) is 231 Å². The smallest absolute Gasteiger partial charge is 0.463 e. The molecule has 5 atom stereocenters. The highest BCUT2D eigenvalue weighted by Crippen LogP contribution is 2.45. The first-order chi connectivity index (χ1) is 56.2. The van der Waals surface area contributed by atoms with E-state index in [9.17, 15) is 43.5 Å². The van der Waals surface area contributed by atoms with Gasteiger partial charge in [0.05, 0.1) is 26.4 Å². The molecule has 0 heterocycles. The largest absolute Gasteiger partial charge is 0.472 e. The van der Waals surface area contributed by atoms with Crippen LogP contribution in [0.25, 0.3) is 0 Å². The summed E-state index contributed by atoms with van der Waals surface area (Å²) < 4.78 is 61.4. The summed E-state index contributed by atoms with van der Waals surface area (Å²) in [5, 5.41) is 20.7. The van der Waals surface area contributed by atoms with Crippen molar-refractivity contribution in [3.63, 3.8) is 0 Å². The number of phosphoric ester groups is 2. The molecule has 0 rings (SSSR count). The van der Waals surface area contributed by atoms with Crippen molar-refractivity contribution in [3.8, 4) is 0 Å². The average Bonchev–Trinajstić information content (AvgIpc) is 0.925. The van der Waals surface area contributed by atoms with E-state index < -0.39 is 91.5 Å².